The first kappa shape index (κ1) is 38.2. The SMILES string of the molecule is CCCN(Cc1nc(-c2ccc3c(c2)COc2cc4c(ccc5[nH]c(CN(C(=O)CNC(=O)OC)[C@@H](C)CC)nc54)cc2-3)c(C2CC2)[nH]1)C(=O)CNC(=O)OC. The fourth-order valence-electron chi connectivity index (χ4n) is 7.23. The van der Waals surface area contributed by atoms with E-state index in [2.05, 4.69) is 60.4 Å². The minimum absolute atomic E-state index is 0.0710. The Bertz CT molecular complexity index is 2290. The van der Waals surface area contributed by atoms with Crippen LogP contribution in [0.2, 0.25) is 0 Å². The maximum atomic E-state index is 13.1. The van der Waals surface area contributed by atoms with Crippen LogP contribution in [0, 0.1) is 0 Å². The third kappa shape index (κ3) is 7.97. The van der Waals surface area contributed by atoms with Gasteiger partial charge in [0.05, 0.1) is 44.0 Å². The summed E-state index contributed by atoms with van der Waals surface area (Å²) in [6, 6.07) is 14.6. The van der Waals surface area contributed by atoms with Crippen LogP contribution in [0.25, 0.3) is 44.2 Å². The van der Waals surface area contributed by atoms with Gasteiger partial charge in [0.2, 0.25) is 11.8 Å². The normalized spacial score (nSPS) is 13.7. The average Bonchev–Trinajstić information content (AvgIpc) is 3.84. The number of aromatic nitrogens is 4. The molecule has 3 aromatic carbocycles. The number of methoxy groups -OCH3 is 2. The Morgan fingerprint density at radius 1 is 0.893 bits per heavy atom. The van der Waals surface area contributed by atoms with E-state index in [1.807, 2.05) is 32.9 Å². The molecule has 56 heavy (non-hydrogen) atoms. The van der Waals surface area contributed by atoms with Crippen molar-refractivity contribution in [1.29, 1.82) is 0 Å². The number of hydrogen-bond acceptors (Lipinski definition) is 9. The molecule has 294 valence electrons. The minimum atomic E-state index is -0.657. The van der Waals surface area contributed by atoms with Crippen LogP contribution in [-0.2, 0) is 38.8 Å². The molecule has 1 aliphatic heterocycles. The zero-order valence-electron chi connectivity index (χ0n) is 32.4. The van der Waals surface area contributed by atoms with Crippen LogP contribution in [0.4, 0.5) is 9.59 Å². The third-order valence-electron chi connectivity index (χ3n) is 10.5. The molecule has 15 heteroatoms. The Morgan fingerprint density at radius 2 is 1.62 bits per heavy atom. The maximum absolute atomic E-state index is 13.1. The number of aromatic amines is 2. The smallest absolute Gasteiger partial charge is 0.407 e. The van der Waals surface area contributed by atoms with Gasteiger partial charge in [0.15, 0.2) is 0 Å². The number of amides is 4. The lowest BCUT2D eigenvalue weighted by Gasteiger charge is -2.27. The lowest BCUT2D eigenvalue weighted by Crippen LogP contribution is -2.44. The molecule has 0 spiro atoms. The number of H-pyrrole nitrogens is 2. The Balaban J connectivity index is 1.14. The Hall–Kier alpha value is -6.12. The second-order valence-electron chi connectivity index (χ2n) is 14.4. The van der Waals surface area contributed by atoms with Crippen molar-refractivity contribution >= 4 is 45.8 Å². The van der Waals surface area contributed by atoms with Gasteiger partial charge < -0.3 is 44.6 Å². The molecule has 7 rings (SSSR count). The van der Waals surface area contributed by atoms with E-state index in [1.165, 1.54) is 14.2 Å². The lowest BCUT2D eigenvalue weighted by atomic mass is 9.92. The van der Waals surface area contributed by atoms with Crippen LogP contribution in [0.1, 0.15) is 75.3 Å². The highest BCUT2D eigenvalue weighted by Crippen LogP contribution is 2.46. The second-order valence-corrected chi connectivity index (χ2v) is 14.4. The number of nitrogens with one attached hydrogen (secondary N) is 4. The van der Waals surface area contributed by atoms with E-state index in [9.17, 15) is 19.2 Å². The number of imidazole rings is 2. The van der Waals surface area contributed by atoms with Gasteiger partial charge >= 0.3 is 12.2 Å². The fourth-order valence-corrected chi connectivity index (χ4v) is 7.23. The number of nitrogens with zero attached hydrogens (tertiary/aromatic N) is 4. The van der Waals surface area contributed by atoms with Crippen LogP contribution in [0.15, 0.2) is 42.5 Å². The molecule has 1 aliphatic carbocycles. The first-order chi connectivity index (χ1) is 27.1. The summed E-state index contributed by atoms with van der Waals surface area (Å²) in [6.45, 7) is 7.14. The van der Waals surface area contributed by atoms with Crippen molar-refractivity contribution < 1.29 is 33.4 Å². The van der Waals surface area contributed by atoms with Gasteiger partial charge in [-0.1, -0.05) is 32.0 Å². The van der Waals surface area contributed by atoms with Crippen molar-refractivity contribution in [3.63, 3.8) is 0 Å². The zero-order chi connectivity index (χ0) is 39.5. The van der Waals surface area contributed by atoms with Crippen molar-refractivity contribution in [3.05, 3.63) is 65.4 Å². The van der Waals surface area contributed by atoms with Crippen molar-refractivity contribution in [1.82, 2.24) is 40.4 Å². The summed E-state index contributed by atoms with van der Waals surface area (Å²) in [6.07, 6.45) is 2.36. The Kier molecular flexibility index (Phi) is 11.1. The molecule has 0 unspecified atom stereocenters. The van der Waals surface area contributed by atoms with E-state index in [0.717, 1.165) is 86.9 Å². The average molecular weight is 765 g/mol. The lowest BCUT2D eigenvalue weighted by molar-refractivity contribution is -0.133. The number of ether oxygens (including phenoxy) is 3. The monoisotopic (exact) mass is 764 g/mol. The maximum Gasteiger partial charge on any atom is 0.407 e. The highest BCUT2D eigenvalue weighted by atomic mass is 16.5. The van der Waals surface area contributed by atoms with Crippen molar-refractivity contribution in [3.8, 4) is 28.1 Å². The van der Waals surface area contributed by atoms with Crippen LogP contribution in [-0.4, -0.2) is 93.6 Å². The van der Waals surface area contributed by atoms with Gasteiger partial charge in [-0.2, -0.15) is 0 Å². The quantitative estimate of drug-likeness (QED) is 0.103. The molecule has 4 N–H and O–H groups in total. The zero-order valence-corrected chi connectivity index (χ0v) is 32.4. The predicted octanol–water partition coefficient (Wildman–Crippen LogP) is 6.12. The van der Waals surface area contributed by atoms with Crippen molar-refractivity contribution in [2.75, 3.05) is 33.9 Å². The topological polar surface area (TPSA) is 184 Å². The molecule has 1 saturated carbocycles. The number of rotatable bonds is 14. The van der Waals surface area contributed by atoms with Crippen LogP contribution in [0.5, 0.6) is 5.75 Å². The van der Waals surface area contributed by atoms with Crippen molar-refractivity contribution in [2.45, 2.75) is 78.1 Å². The van der Waals surface area contributed by atoms with Crippen LogP contribution >= 0.6 is 0 Å². The van der Waals surface area contributed by atoms with Crippen molar-refractivity contribution in [2.24, 2.45) is 0 Å². The largest absolute Gasteiger partial charge is 0.488 e. The third-order valence-corrected chi connectivity index (χ3v) is 10.5. The first-order valence-electron chi connectivity index (χ1n) is 19.1. The summed E-state index contributed by atoms with van der Waals surface area (Å²) in [5, 5.41) is 6.91. The standard InChI is InChI=1S/C41H48N8O7/c1-6-14-48(35(50)18-42-40(52)54-4)20-33-45-37(24-8-9-24)38(46-33)26-10-12-28-27(15-26)22-56-32-17-29-25(16-30(28)32)11-13-31-39(29)47-34(44-31)21-49(23(3)7-2)36(51)19-43-41(53)55-5/h10-13,15-17,23-24H,6-9,14,18-22H2,1-5H3,(H,42,52)(H,43,53)(H,44,47)(H,45,46)/t23-/m0/s1. The molecule has 1 fully saturated rings. The van der Waals surface area contributed by atoms with Crippen LogP contribution < -0.4 is 15.4 Å². The summed E-state index contributed by atoms with van der Waals surface area (Å²) in [4.78, 5) is 69.6. The summed E-state index contributed by atoms with van der Waals surface area (Å²) in [5.41, 5.74) is 7.72. The molecule has 2 aliphatic rings. The molecule has 2 aromatic heterocycles. The number of carbonyl (C=O) groups excluding carboxylic acids is 4. The van der Waals surface area contributed by atoms with Gasteiger partial charge in [-0.3, -0.25) is 9.59 Å². The van der Waals surface area contributed by atoms with Gasteiger partial charge in [0.25, 0.3) is 0 Å². The molecule has 0 bridgehead atoms. The van der Waals surface area contributed by atoms with E-state index in [1.54, 1.807) is 9.80 Å². The van der Waals surface area contributed by atoms with Gasteiger partial charge in [0, 0.05) is 40.7 Å². The molecule has 0 saturated heterocycles. The molecule has 3 heterocycles. The molecule has 0 radical (unpaired) electrons. The van der Waals surface area contributed by atoms with E-state index in [0.29, 0.717) is 37.3 Å². The van der Waals surface area contributed by atoms with Gasteiger partial charge in [-0.15, -0.1) is 0 Å². The van der Waals surface area contributed by atoms with Crippen LogP contribution in [0.3, 0.4) is 0 Å². The number of hydrogen-bond donors (Lipinski definition) is 4. The molecule has 5 aromatic rings. The fraction of sp³-hybridized carbons (Fsp3) is 0.415. The van der Waals surface area contributed by atoms with Gasteiger partial charge in [-0.05, 0) is 73.4 Å². The Labute approximate surface area is 324 Å². The number of benzene rings is 3. The second kappa shape index (κ2) is 16.3. The summed E-state index contributed by atoms with van der Waals surface area (Å²) in [5.74, 6) is 2.07. The number of alkyl carbamates (subject to hydrolysis) is 2. The van der Waals surface area contributed by atoms with E-state index >= 15 is 0 Å². The highest BCUT2D eigenvalue weighted by Gasteiger charge is 2.31. The van der Waals surface area contributed by atoms with E-state index in [-0.39, 0.29) is 37.5 Å². The Morgan fingerprint density at radius 3 is 2.32 bits per heavy atom. The molecule has 4 amide bonds. The first-order valence-corrected chi connectivity index (χ1v) is 19.1. The number of fused-ring (bicyclic) bond motifs is 6. The summed E-state index contributed by atoms with van der Waals surface area (Å²) < 4.78 is 15.6. The summed E-state index contributed by atoms with van der Waals surface area (Å²) >= 11 is 0. The predicted molar refractivity (Wildman–Crippen MR) is 210 cm³/mol. The molecule has 1 atom stereocenters. The number of carbonyl (C=O) groups is 4. The molecule has 15 nitrogen and oxygen atoms in total. The highest BCUT2D eigenvalue weighted by molar-refractivity contribution is 6.07. The molecular formula is C41H48N8O7. The van der Waals surface area contributed by atoms with E-state index in [4.69, 9.17) is 14.7 Å². The summed E-state index contributed by atoms with van der Waals surface area (Å²) in [7, 11) is 2.53. The van der Waals surface area contributed by atoms with Gasteiger partial charge in [-0.25, -0.2) is 19.6 Å². The minimum Gasteiger partial charge on any atom is -0.488 e. The van der Waals surface area contributed by atoms with Gasteiger partial charge in [0.1, 0.15) is 37.1 Å². The molecular weight excluding hydrogens is 716 g/mol. The van der Waals surface area contributed by atoms with E-state index < -0.39 is 12.2 Å².